The first-order valence-corrected chi connectivity index (χ1v) is 12.6. The number of halogens is 3. The molecule has 2 aliphatic rings. The number of rotatable bonds is 7. The normalized spacial score (nSPS) is 24.8. The molecule has 0 aromatic heterocycles. The van der Waals surface area contributed by atoms with Gasteiger partial charge >= 0.3 is 5.97 Å². The van der Waals surface area contributed by atoms with Crippen molar-refractivity contribution >= 4 is 5.97 Å². The molecule has 0 atom stereocenters. The Morgan fingerprint density at radius 3 is 2.26 bits per heavy atom. The highest BCUT2D eigenvalue weighted by atomic mass is 19.2. The smallest absolute Gasteiger partial charge is 0.314 e. The summed E-state index contributed by atoms with van der Waals surface area (Å²) in [7, 11) is 0. The fraction of sp³-hybridized carbons (Fsp3) is 0.536. The van der Waals surface area contributed by atoms with Gasteiger partial charge in [-0.05, 0) is 93.4 Å². The van der Waals surface area contributed by atoms with Crippen molar-refractivity contribution in [1.29, 1.82) is 0 Å². The Kier molecular flexibility index (Phi) is 8.50. The summed E-state index contributed by atoms with van der Waals surface area (Å²) in [6.07, 6.45) is 4.40. The largest absolute Gasteiger partial charge is 0.423 e. The molecule has 7 heteroatoms. The molecule has 0 bridgehead atoms. The van der Waals surface area contributed by atoms with E-state index in [1.807, 2.05) is 13.0 Å². The minimum Gasteiger partial charge on any atom is -0.423 e. The second-order valence-electron chi connectivity index (χ2n) is 9.74. The maximum Gasteiger partial charge on any atom is 0.314 e. The first kappa shape index (κ1) is 25.7. The van der Waals surface area contributed by atoms with Gasteiger partial charge in [-0.1, -0.05) is 18.2 Å². The first-order chi connectivity index (χ1) is 16.9. The van der Waals surface area contributed by atoms with Gasteiger partial charge in [0.1, 0.15) is 5.82 Å². The van der Waals surface area contributed by atoms with Gasteiger partial charge in [-0.25, -0.2) is 8.78 Å². The van der Waals surface area contributed by atoms with Gasteiger partial charge in [-0.15, -0.1) is 0 Å². The zero-order valence-electron chi connectivity index (χ0n) is 20.1. The van der Waals surface area contributed by atoms with Gasteiger partial charge in [-0.3, -0.25) is 4.79 Å². The average Bonchev–Trinajstić information content (AvgIpc) is 2.87. The van der Waals surface area contributed by atoms with E-state index >= 15 is 0 Å². The van der Waals surface area contributed by atoms with E-state index in [1.165, 1.54) is 12.1 Å². The van der Waals surface area contributed by atoms with Crippen LogP contribution in [0.15, 0.2) is 30.3 Å². The van der Waals surface area contributed by atoms with Crippen LogP contribution in [0.4, 0.5) is 13.2 Å². The predicted molar refractivity (Wildman–Crippen MR) is 126 cm³/mol. The number of hydrogen-bond donors (Lipinski definition) is 1. The molecule has 0 saturated heterocycles. The molecule has 4 nitrogen and oxygen atoms in total. The molecule has 2 aromatic rings. The molecule has 2 saturated carbocycles. The van der Waals surface area contributed by atoms with Gasteiger partial charge in [0, 0.05) is 12.2 Å². The second-order valence-corrected chi connectivity index (χ2v) is 9.74. The summed E-state index contributed by atoms with van der Waals surface area (Å²) in [4.78, 5) is 12.7. The van der Waals surface area contributed by atoms with Crippen LogP contribution in [0.25, 0.3) is 0 Å². The van der Waals surface area contributed by atoms with E-state index in [4.69, 9.17) is 9.47 Å². The average molecular weight is 491 g/mol. The lowest BCUT2D eigenvalue weighted by Gasteiger charge is -2.28. The number of aliphatic hydroxyl groups is 1. The molecule has 190 valence electrons. The van der Waals surface area contributed by atoms with Crippen LogP contribution >= 0.6 is 0 Å². The molecule has 0 unspecified atom stereocenters. The van der Waals surface area contributed by atoms with Crippen molar-refractivity contribution in [2.45, 2.75) is 82.8 Å². The summed E-state index contributed by atoms with van der Waals surface area (Å²) < 4.78 is 54.4. The molecular weight excluding hydrogens is 457 g/mol. The Bertz CT molecular complexity index is 1030. The highest BCUT2D eigenvalue weighted by molar-refractivity contribution is 5.75. The van der Waals surface area contributed by atoms with Crippen LogP contribution in [-0.4, -0.2) is 23.8 Å². The molecule has 0 radical (unpaired) electrons. The van der Waals surface area contributed by atoms with E-state index in [0.29, 0.717) is 63.5 Å². The van der Waals surface area contributed by atoms with E-state index in [1.54, 1.807) is 12.1 Å². The van der Waals surface area contributed by atoms with Gasteiger partial charge in [0.05, 0.1) is 18.6 Å². The molecule has 1 N–H and O–H groups in total. The van der Waals surface area contributed by atoms with Gasteiger partial charge in [0.25, 0.3) is 0 Å². The highest BCUT2D eigenvalue weighted by Crippen LogP contribution is 2.39. The number of esters is 1. The fourth-order valence-electron chi connectivity index (χ4n) is 5.33. The van der Waals surface area contributed by atoms with Crippen LogP contribution < -0.4 is 4.74 Å². The molecule has 2 aliphatic carbocycles. The summed E-state index contributed by atoms with van der Waals surface area (Å²) in [5.41, 5.74) is 1.69. The van der Waals surface area contributed by atoms with Crippen molar-refractivity contribution in [3.8, 4) is 5.75 Å². The van der Waals surface area contributed by atoms with Gasteiger partial charge in [-0.2, -0.15) is 4.39 Å². The summed E-state index contributed by atoms with van der Waals surface area (Å²) in [5, 5.41) is 9.65. The summed E-state index contributed by atoms with van der Waals surface area (Å²) >= 11 is 0. The Hall–Kier alpha value is -2.38. The Labute approximate surface area is 204 Å². The summed E-state index contributed by atoms with van der Waals surface area (Å²) in [5.74, 6) is -3.77. The summed E-state index contributed by atoms with van der Waals surface area (Å²) in [6.45, 7) is 2.62. The van der Waals surface area contributed by atoms with Crippen LogP contribution in [0, 0.1) is 23.4 Å². The predicted octanol–water partition coefficient (Wildman–Crippen LogP) is 6.54. The van der Waals surface area contributed by atoms with E-state index in [0.717, 1.165) is 5.56 Å². The number of benzene rings is 2. The third kappa shape index (κ3) is 6.07. The molecule has 35 heavy (non-hydrogen) atoms. The van der Waals surface area contributed by atoms with Crippen molar-refractivity contribution in [2.75, 3.05) is 6.61 Å². The van der Waals surface area contributed by atoms with Crippen molar-refractivity contribution in [2.24, 2.45) is 5.92 Å². The zero-order valence-corrected chi connectivity index (χ0v) is 20.1. The lowest BCUT2D eigenvalue weighted by Crippen LogP contribution is -2.25. The van der Waals surface area contributed by atoms with E-state index in [-0.39, 0.29) is 41.7 Å². The number of ether oxygens (including phenoxy) is 2. The number of aliphatic hydroxyl groups excluding tert-OH is 1. The van der Waals surface area contributed by atoms with Gasteiger partial charge in [0.15, 0.2) is 11.6 Å². The SMILES string of the molecule is CCOCc1ccc(C2CCC(C(=O)Oc3ccc(C4CCC(O)CC4)c(F)c3F)CC2)cc1F. The van der Waals surface area contributed by atoms with E-state index < -0.39 is 23.5 Å². The third-order valence-electron chi connectivity index (χ3n) is 7.49. The molecule has 2 aromatic carbocycles. The van der Waals surface area contributed by atoms with Crippen LogP contribution in [0.2, 0.25) is 0 Å². The van der Waals surface area contributed by atoms with Gasteiger partial charge in [0.2, 0.25) is 5.82 Å². The highest BCUT2D eigenvalue weighted by Gasteiger charge is 2.31. The quantitative estimate of drug-likeness (QED) is 0.354. The minimum absolute atomic E-state index is 0.136. The standard InChI is InChI=1S/C28H33F3O4/c1-2-34-16-21-8-7-20(15-24(21)29)17-3-5-19(6-4-17)28(33)35-25-14-13-23(26(30)27(25)31)18-9-11-22(32)12-10-18/h7-8,13-15,17-19,22,32H,2-6,9-12,16H2,1H3. The minimum atomic E-state index is -1.14. The van der Waals surface area contributed by atoms with Crippen LogP contribution in [0.1, 0.15) is 86.8 Å². The van der Waals surface area contributed by atoms with E-state index in [9.17, 15) is 23.1 Å². The molecular formula is C28H33F3O4. The van der Waals surface area contributed by atoms with Crippen LogP contribution in [0.5, 0.6) is 5.75 Å². The Balaban J connectivity index is 1.33. The Morgan fingerprint density at radius 2 is 1.60 bits per heavy atom. The molecule has 0 heterocycles. The van der Waals surface area contributed by atoms with Crippen LogP contribution in [-0.2, 0) is 16.1 Å². The molecule has 0 amide bonds. The maximum absolute atomic E-state index is 14.7. The molecule has 0 aliphatic heterocycles. The first-order valence-electron chi connectivity index (χ1n) is 12.6. The molecule has 0 spiro atoms. The van der Waals surface area contributed by atoms with E-state index in [2.05, 4.69) is 0 Å². The van der Waals surface area contributed by atoms with Crippen molar-refractivity contribution < 1.29 is 32.5 Å². The Morgan fingerprint density at radius 1 is 0.914 bits per heavy atom. The molecule has 2 fully saturated rings. The number of hydrogen-bond acceptors (Lipinski definition) is 4. The third-order valence-corrected chi connectivity index (χ3v) is 7.49. The summed E-state index contributed by atoms with van der Waals surface area (Å²) in [6, 6.07) is 8.02. The number of carbonyl (C=O) groups excluding carboxylic acids is 1. The maximum atomic E-state index is 14.7. The molecule has 4 rings (SSSR count). The van der Waals surface area contributed by atoms with Crippen molar-refractivity contribution in [3.63, 3.8) is 0 Å². The topological polar surface area (TPSA) is 55.8 Å². The van der Waals surface area contributed by atoms with Crippen molar-refractivity contribution in [3.05, 3.63) is 64.5 Å². The fourth-order valence-corrected chi connectivity index (χ4v) is 5.33. The van der Waals surface area contributed by atoms with Crippen molar-refractivity contribution in [1.82, 2.24) is 0 Å². The van der Waals surface area contributed by atoms with Crippen LogP contribution in [0.3, 0.4) is 0 Å². The second kappa shape index (κ2) is 11.6. The lowest BCUT2D eigenvalue weighted by molar-refractivity contribution is -0.140. The zero-order chi connectivity index (χ0) is 24.9. The lowest BCUT2D eigenvalue weighted by atomic mass is 9.78. The number of carbonyl (C=O) groups is 1. The van der Waals surface area contributed by atoms with Gasteiger partial charge < -0.3 is 14.6 Å². The monoisotopic (exact) mass is 490 g/mol.